The number of aromatic carboxylic acids is 1. The van der Waals surface area contributed by atoms with Gasteiger partial charge in [-0.05, 0) is 12.1 Å². The van der Waals surface area contributed by atoms with E-state index in [0.29, 0.717) is 0 Å². The number of pyridine rings is 2. The number of hydrogen-bond donors (Lipinski definition) is 1. The second-order valence-electron chi connectivity index (χ2n) is 2.86. The maximum atomic E-state index is 11.6. The monoisotopic (exact) mass is 224 g/mol. The summed E-state index contributed by atoms with van der Waals surface area (Å²) in [7, 11) is 0. The number of carboxylic acids is 1. The molecule has 2 heterocycles. The molecule has 0 radical (unpaired) electrons. The molecule has 76 valence electrons. The van der Waals surface area contributed by atoms with Crippen LogP contribution in [-0.4, -0.2) is 20.1 Å². The van der Waals surface area contributed by atoms with Crippen LogP contribution in [0.3, 0.4) is 0 Å². The van der Waals surface area contributed by atoms with Gasteiger partial charge in [-0.15, -0.1) is 0 Å². The molecule has 5 nitrogen and oxygen atoms in total. The summed E-state index contributed by atoms with van der Waals surface area (Å²) in [4.78, 5) is 26.2. The van der Waals surface area contributed by atoms with Gasteiger partial charge < -0.3 is 5.11 Å². The van der Waals surface area contributed by atoms with Gasteiger partial charge in [0.2, 0.25) is 5.43 Å². The maximum absolute atomic E-state index is 11.6. The highest BCUT2D eigenvalue weighted by molar-refractivity contribution is 6.18. The number of rotatable bonds is 1. The summed E-state index contributed by atoms with van der Waals surface area (Å²) in [6.07, 6.45) is 2.52. The van der Waals surface area contributed by atoms with Crippen molar-refractivity contribution in [2.45, 2.75) is 0 Å². The zero-order chi connectivity index (χ0) is 11.0. The molecule has 0 atom stereocenters. The van der Waals surface area contributed by atoms with E-state index >= 15 is 0 Å². The lowest BCUT2D eigenvalue weighted by Gasteiger charge is -2.02. The van der Waals surface area contributed by atoms with Crippen LogP contribution in [0.25, 0.3) is 11.0 Å². The third kappa shape index (κ3) is 1.46. The summed E-state index contributed by atoms with van der Waals surface area (Å²) in [6, 6.07) is 3.03. The number of halogens is 1. The quantitative estimate of drug-likeness (QED) is 0.787. The minimum absolute atomic E-state index is 0.187. The Morgan fingerprint density at radius 2 is 2.27 bits per heavy atom. The number of carboxylic acid groups (broad SMARTS) is 1. The van der Waals surface area contributed by atoms with Gasteiger partial charge >= 0.3 is 5.97 Å². The molecule has 2 rings (SSSR count). The van der Waals surface area contributed by atoms with Crippen LogP contribution in [0.5, 0.6) is 0 Å². The largest absolute Gasteiger partial charge is 0.477 e. The summed E-state index contributed by atoms with van der Waals surface area (Å²) in [5.74, 6) is -1.31. The molecule has 2 aromatic rings. The zero-order valence-corrected chi connectivity index (χ0v) is 8.10. The Morgan fingerprint density at radius 1 is 1.53 bits per heavy atom. The van der Waals surface area contributed by atoms with Crippen molar-refractivity contribution < 1.29 is 9.90 Å². The van der Waals surface area contributed by atoms with Crippen LogP contribution in [0.15, 0.2) is 29.3 Å². The molecule has 6 heteroatoms. The Hall–Kier alpha value is -1.88. The van der Waals surface area contributed by atoms with Gasteiger partial charge in [-0.3, -0.25) is 4.79 Å². The fraction of sp³-hybridized carbons (Fsp3) is 0. The lowest BCUT2D eigenvalue weighted by Crippen LogP contribution is -2.17. The van der Waals surface area contributed by atoms with Crippen LogP contribution in [0.4, 0.5) is 0 Å². The van der Waals surface area contributed by atoms with E-state index in [1.807, 2.05) is 0 Å². The average molecular weight is 225 g/mol. The molecular formula is C9H5ClN2O3. The van der Waals surface area contributed by atoms with E-state index in [0.717, 1.165) is 10.3 Å². The number of nitrogens with zero attached hydrogens (tertiary/aromatic N) is 2. The van der Waals surface area contributed by atoms with E-state index in [4.69, 9.17) is 16.9 Å². The molecule has 15 heavy (non-hydrogen) atoms. The van der Waals surface area contributed by atoms with Crippen molar-refractivity contribution >= 4 is 28.8 Å². The van der Waals surface area contributed by atoms with Crippen LogP contribution in [0, 0.1) is 0 Å². The molecule has 0 aliphatic heterocycles. The number of carbonyl (C=O) groups is 1. The Labute approximate surface area is 88.7 Å². The molecule has 0 aromatic carbocycles. The molecule has 0 spiro atoms. The van der Waals surface area contributed by atoms with E-state index < -0.39 is 11.4 Å². The van der Waals surface area contributed by atoms with Gasteiger partial charge in [0.05, 0.1) is 5.39 Å². The highest BCUT2D eigenvalue weighted by Gasteiger charge is 2.13. The molecule has 0 bridgehead atoms. The second kappa shape index (κ2) is 3.36. The molecular weight excluding hydrogens is 220 g/mol. The van der Waals surface area contributed by atoms with Crippen LogP contribution in [0.1, 0.15) is 10.4 Å². The highest BCUT2D eigenvalue weighted by Crippen LogP contribution is 2.09. The predicted octanol–water partition coefficient (Wildman–Crippen LogP) is 1.10. The first-order valence-corrected chi connectivity index (χ1v) is 4.35. The molecule has 1 N–H and O–H groups in total. The third-order valence-corrected chi connectivity index (χ3v) is 2.21. The summed E-state index contributed by atoms with van der Waals surface area (Å²) in [5, 5.41) is 8.94. The first-order chi connectivity index (χ1) is 7.11. The maximum Gasteiger partial charge on any atom is 0.341 e. The fourth-order valence-electron chi connectivity index (χ4n) is 1.27. The van der Waals surface area contributed by atoms with E-state index in [1.54, 1.807) is 6.07 Å². The van der Waals surface area contributed by atoms with Crippen molar-refractivity contribution in [2.75, 3.05) is 0 Å². The summed E-state index contributed by atoms with van der Waals surface area (Å²) in [6.45, 7) is 0. The van der Waals surface area contributed by atoms with Crippen LogP contribution in [-0.2, 0) is 0 Å². The topological polar surface area (TPSA) is 72.2 Å². The van der Waals surface area contributed by atoms with E-state index in [1.165, 1.54) is 12.3 Å². The van der Waals surface area contributed by atoms with Crippen molar-refractivity contribution in [3.8, 4) is 0 Å². The molecule has 0 aliphatic rings. The lowest BCUT2D eigenvalue weighted by atomic mass is 10.2. The average Bonchev–Trinajstić information content (AvgIpc) is 2.23. The van der Waals surface area contributed by atoms with Gasteiger partial charge in [0, 0.05) is 24.2 Å². The van der Waals surface area contributed by atoms with Crippen molar-refractivity contribution in [3.63, 3.8) is 0 Å². The van der Waals surface area contributed by atoms with Gasteiger partial charge in [-0.1, -0.05) is 0 Å². The van der Waals surface area contributed by atoms with Gasteiger partial charge in [0.25, 0.3) is 0 Å². The Balaban J connectivity index is 2.97. The smallest absolute Gasteiger partial charge is 0.341 e. The molecule has 0 amide bonds. The van der Waals surface area contributed by atoms with Gasteiger partial charge in [-0.25, -0.2) is 13.9 Å². The Kier molecular flexibility index (Phi) is 2.17. The normalized spacial score (nSPS) is 10.5. The van der Waals surface area contributed by atoms with Crippen LogP contribution in [0.2, 0.25) is 0 Å². The van der Waals surface area contributed by atoms with Crippen molar-refractivity contribution in [2.24, 2.45) is 0 Å². The zero-order valence-electron chi connectivity index (χ0n) is 7.35. The third-order valence-electron chi connectivity index (χ3n) is 1.95. The van der Waals surface area contributed by atoms with Crippen molar-refractivity contribution in [1.82, 2.24) is 9.07 Å². The first kappa shape index (κ1) is 9.67. The highest BCUT2D eigenvalue weighted by atomic mass is 35.5. The first-order valence-electron chi connectivity index (χ1n) is 4.01. The predicted molar refractivity (Wildman–Crippen MR) is 54.2 cm³/mol. The summed E-state index contributed by atoms with van der Waals surface area (Å²) in [5.41, 5.74) is -0.706. The minimum atomic E-state index is -1.31. The SMILES string of the molecule is O=C(O)c1cn(Cl)c2ncccc2c1=O. The molecule has 0 saturated carbocycles. The number of hydrogen-bond acceptors (Lipinski definition) is 3. The van der Waals surface area contributed by atoms with E-state index in [9.17, 15) is 9.59 Å². The molecule has 0 saturated heterocycles. The molecule has 0 unspecified atom stereocenters. The lowest BCUT2D eigenvalue weighted by molar-refractivity contribution is 0.0695. The Bertz CT molecular complexity index is 606. The second-order valence-corrected chi connectivity index (χ2v) is 3.23. The van der Waals surface area contributed by atoms with Gasteiger partial charge in [0.1, 0.15) is 5.56 Å². The molecule has 2 aromatic heterocycles. The Morgan fingerprint density at radius 3 is 2.93 bits per heavy atom. The van der Waals surface area contributed by atoms with Gasteiger partial charge in [0.15, 0.2) is 5.65 Å². The van der Waals surface area contributed by atoms with Crippen LogP contribution < -0.4 is 5.43 Å². The fourth-order valence-corrected chi connectivity index (χ4v) is 1.51. The minimum Gasteiger partial charge on any atom is -0.477 e. The van der Waals surface area contributed by atoms with Crippen molar-refractivity contribution in [1.29, 1.82) is 0 Å². The molecule has 0 fully saturated rings. The van der Waals surface area contributed by atoms with Crippen LogP contribution >= 0.6 is 11.8 Å². The summed E-state index contributed by atoms with van der Waals surface area (Å²) >= 11 is 5.73. The van der Waals surface area contributed by atoms with Gasteiger partial charge in [-0.2, -0.15) is 0 Å². The molecule has 0 aliphatic carbocycles. The van der Waals surface area contributed by atoms with E-state index in [-0.39, 0.29) is 16.6 Å². The number of fused-ring (bicyclic) bond motifs is 1. The van der Waals surface area contributed by atoms with E-state index in [2.05, 4.69) is 4.98 Å². The number of aromatic nitrogens is 2. The van der Waals surface area contributed by atoms with Crippen molar-refractivity contribution in [3.05, 3.63) is 40.3 Å². The standard InChI is InChI=1S/C9H5ClN2O3/c10-12-4-6(9(14)15)7(13)5-2-1-3-11-8(5)12/h1-4H,(H,14,15). The summed E-state index contributed by atoms with van der Waals surface area (Å²) < 4.78 is 1.00.